The van der Waals surface area contributed by atoms with Gasteiger partial charge in [0.15, 0.2) is 0 Å². The number of amides is 1. The lowest BCUT2D eigenvalue weighted by Crippen LogP contribution is -2.42. The SMILES string of the molecule is CN1CCC(NC(=O)/C=C/c2ccccc2)CC1. The summed E-state index contributed by atoms with van der Waals surface area (Å²) < 4.78 is 0. The molecule has 1 saturated heterocycles. The van der Waals surface area contributed by atoms with E-state index >= 15 is 0 Å². The fourth-order valence-electron chi connectivity index (χ4n) is 2.14. The van der Waals surface area contributed by atoms with E-state index in [1.807, 2.05) is 36.4 Å². The minimum atomic E-state index is 0.00778. The van der Waals surface area contributed by atoms with Crippen LogP contribution in [-0.4, -0.2) is 37.0 Å². The molecule has 1 amide bonds. The highest BCUT2D eigenvalue weighted by atomic mass is 16.1. The van der Waals surface area contributed by atoms with Crippen LogP contribution in [0.5, 0.6) is 0 Å². The van der Waals surface area contributed by atoms with Crippen LogP contribution in [0.15, 0.2) is 36.4 Å². The van der Waals surface area contributed by atoms with E-state index in [2.05, 4.69) is 17.3 Å². The van der Waals surface area contributed by atoms with Gasteiger partial charge in [0.05, 0.1) is 0 Å². The summed E-state index contributed by atoms with van der Waals surface area (Å²) in [5.74, 6) is 0.00778. The van der Waals surface area contributed by atoms with Gasteiger partial charge in [-0.2, -0.15) is 0 Å². The first-order valence-electron chi connectivity index (χ1n) is 6.46. The summed E-state index contributed by atoms with van der Waals surface area (Å²) >= 11 is 0. The van der Waals surface area contributed by atoms with Crippen molar-refractivity contribution in [1.82, 2.24) is 10.2 Å². The third kappa shape index (κ3) is 4.00. The fourth-order valence-corrected chi connectivity index (χ4v) is 2.14. The second kappa shape index (κ2) is 6.36. The Bertz CT molecular complexity index is 406. The summed E-state index contributed by atoms with van der Waals surface area (Å²) in [7, 11) is 2.12. The standard InChI is InChI=1S/C15H20N2O/c1-17-11-9-14(10-12-17)16-15(18)8-7-13-5-3-2-4-6-13/h2-8,14H,9-12H2,1H3,(H,16,18)/b8-7+. The third-order valence-corrected chi connectivity index (χ3v) is 3.29. The third-order valence-electron chi connectivity index (χ3n) is 3.29. The first-order chi connectivity index (χ1) is 8.74. The van der Waals surface area contributed by atoms with E-state index in [9.17, 15) is 4.79 Å². The number of carbonyl (C=O) groups excluding carboxylic acids is 1. The van der Waals surface area contributed by atoms with E-state index in [1.54, 1.807) is 6.08 Å². The highest BCUT2D eigenvalue weighted by Crippen LogP contribution is 2.08. The predicted molar refractivity (Wildman–Crippen MR) is 74.1 cm³/mol. The second-order valence-electron chi connectivity index (χ2n) is 4.83. The van der Waals surface area contributed by atoms with Crippen LogP contribution in [0.3, 0.4) is 0 Å². The molecule has 3 heteroatoms. The summed E-state index contributed by atoms with van der Waals surface area (Å²) in [6.07, 6.45) is 5.56. The Balaban J connectivity index is 1.80. The highest BCUT2D eigenvalue weighted by Gasteiger charge is 2.17. The van der Waals surface area contributed by atoms with Crippen LogP contribution >= 0.6 is 0 Å². The molecule has 0 unspecified atom stereocenters. The van der Waals surface area contributed by atoms with Gasteiger partial charge in [-0.3, -0.25) is 4.79 Å². The molecule has 0 aliphatic carbocycles. The molecule has 1 aliphatic rings. The maximum Gasteiger partial charge on any atom is 0.244 e. The Morgan fingerprint density at radius 2 is 1.94 bits per heavy atom. The zero-order valence-corrected chi connectivity index (χ0v) is 10.8. The average Bonchev–Trinajstić information content (AvgIpc) is 2.40. The van der Waals surface area contributed by atoms with Crippen LogP contribution in [0, 0.1) is 0 Å². The van der Waals surface area contributed by atoms with E-state index < -0.39 is 0 Å². The van der Waals surface area contributed by atoms with Gasteiger partial charge in [-0.05, 0) is 44.6 Å². The molecule has 2 rings (SSSR count). The van der Waals surface area contributed by atoms with Crippen molar-refractivity contribution in [3.63, 3.8) is 0 Å². The van der Waals surface area contributed by atoms with Crippen LogP contribution in [0.4, 0.5) is 0 Å². The molecule has 0 spiro atoms. The topological polar surface area (TPSA) is 32.3 Å². The van der Waals surface area contributed by atoms with Gasteiger partial charge in [0.25, 0.3) is 0 Å². The van der Waals surface area contributed by atoms with Crippen molar-refractivity contribution in [2.45, 2.75) is 18.9 Å². The Labute approximate surface area is 108 Å². The lowest BCUT2D eigenvalue weighted by Gasteiger charge is -2.29. The number of piperidine rings is 1. The zero-order chi connectivity index (χ0) is 12.8. The van der Waals surface area contributed by atoms with Crippen LogP contribution in [0.2, 0.25) is 0 Å². The molecular weight excluding hydrogens is 224 g/mol. The maximum absolute atomic E-state index is 11.8. The molecule has 0 bridgehead atoms. The molecular formula is C15H20N2O. The summed E-state index contributed by atoms with van der Waals surface area (Å²) in [6.45, 7) is 2.13. The molecule has 0 aromatic heterocycles. The van der Waals surface area contributed by atoms with Crippen molar-refractivity contribution in [2.75, 3.05) is 20.1 Å². The van der Waals surface area contributed by atoms with Gasteiger partial charge >= 0.3 is 0 Å². The summed E-state index contributed by atoms with van der Waals surface area (Å²) in [6, 6.07) is 10.2. The van der Waals surface area contributed by atoms with Gasteiger partial charge < -0.3 is 10.2 Å². The number of rotatable bonds is 3. The van der Waals surface area contributed by atoms with Crippen molar-refractivity contribution in [1.29, 1.82) is 0 Å². The molecule has 1 heterocycles. The number of nitrogens with zero attached hydrogens (tertiary/aromatic N) is 1. The molecule has 1 fully saturated rings. The monoisotopic (exact) mass is 244 g/mol. The zero-order valence-electron chi connectivity index (χ0n) is 10.8. The first kappa shape index (κ1) is 12.8. The van der Waals surface area contributed by atoms with E-state index in [1.165, 1.54) is 0 Å². The van der Waals surface area contributed by atoms with E-state index in [0.717, 1.165) is 31.5 Å². The van der Waals surface area contributed by atoms with Gasteiger partial charge in [-0.15, -0.1) is 0 Å². The number of hydrogen-bond donors (Lipinski definition) is 1. The predicted octanol–water partition coefficient (Wildman–Crippen LogP) is 1.91. The molecule has 1 N–H and O–H groups in total. The van der Waals surface area contributed by atoms with Gasteiger partial charge in [-0.25, -0.2) is 0 Å². The Morgan fingerprint density at radius 3 is 2.61 bits per heavy atom. The van der Waals surface area contributed by atoms with Gasteiger partial charge in [0, 0.05) is 12.1 Å². The van der Waals surface area contributed by atoms with Crippen molar-refractivity contribution in [2.24, 2.45) is 0 Å². The van der Waals surface area contributed by atoms with Gasteiger partial charge in [-0.1, -0.05) is 30.3 Å². The van der Waals surface area contributed by atoms with E-state index in [-0.39, 0.29) is 5.91 Å². The van der Waals surface area contributed by atoms with Crippen molar-refractivity contribution in [3.8, 4) is 0 Å². The number of benzene rings is 1. The largest absolute Gasteiger partial charge is 0.350 e. The van der Waals surface area contributed by atoms with Crippen LogP contribution in [-0.2, 0) is 4.79 Å². The molecule has 3 nitrogen and oxygen atoms in total. The summed E-state index contributed by atoms with van der Waals surface area (Å²) in [5, 5.41) is 3.06. The minimum Gasteiger partial charge on any atom is -0.350 e. The lowest BCUT2D eigenvalue weighted by atomic mass is 10.1. The molecule has 96 valence electrons. The normalized spacial score (nSPS) is 18.1. The van der Waals surface area contributed by atoms with E-state index in [0.29, 0.717) is 6.04 Å². The smallest absolute Gasteiger partial charge is 0.244 e. The van der Waals surface area contributed by atoms with Crippen molar-refractivity contribution >= 4 is 12.0 Å². The summed E-state index contributed by atoms with van der Waals surface area (Å²) in [4.78, 5) is 14.0. The minimum absolute atomic E-state index is 0.00778. The maximum atomic E-state index is 11.8. The molecule has 1 aromatic rings. The van der Waals surface area contributed by atoms with Gasteiger partial charge in [0.2, 0.25) is 5.91 Å². The quantitative estimate of drug-likeness (QED) is 0.824. The molecule has 0 saturated carbocycles. The van der Waals surface area contributed by atoms with Crippen molar-refractivity contribution < 1.29 is 4.79 Å². The molecule has 0 atom stereocenters. The first-order valence-corrected chi connectivity index (χ1v) is 6.46. The highest BCUT2D eigenvalue weighted by molar-refractivity contribution is 5.91. The molecule has 1 aromatic carbocycles. The Morgan fingerprint density at radius 1 is 1.28 bits per heavy atom. The Hall–Kier alpha value is -1.61. The fraction of sp³-hybridized carbons (Fsp3) is 0.400. The van der Waals surface area contributed by atoms with Crippen LogP contribution in [0.1, 0.15) is 18.4 Å². The second-order valence-corrected chi connectivity index (χ2v) is 4.83. The lowest BCUT2D eigenvalue weighted by molar-refractivity contribution is -0.117. The van der Waals surface area contributed by atoms with Crippen LogP contribution < -0.4 is 5.32 Å². The number of hydrogen-bond acceptors (Lipinski definition) is 2. The Kier molecular flexibility index (Phi) is 4.53. The summed E-state index contributed by atoms with van der Waals surface area (Å²) in [5.41, 5.74) is 1.05. The molecule has 1 aliphatic heterocycles. The van der Waals surface area contributed by atoms with Crippen LogP contribution in [0.25, 0.3) is 6.08 Å². The molecule has 18 heavy (non-hydrogen) atoms. The number of nitrogens with one attached hydrogen (secondary N) is 1. The van der Waals surface area contributed by atoms with Crippen molar-refractivity contribution in [3.05, 3.63) is 42.0 Å². The molecule has 0 radical (unpaired) electrons. The van der Waals surface area contributed by atoms with E-state index in [4.69, 9.17) is 0 Å². The average molecular weight is 244 g/mol. The van der Waals surface area contributed by atoms with Gasteiger partial charge in [0.1, 0.15) is 0 Å². The number of carbonyl (C=O) groups is 1. The number of likely N-dealkylation sites (tertiary alicyclic amines) is 1.